The van der Waals surface area contributed by atoms with E-state index < -0.39 is 23.9 Å². The van der Waals surface area contributed by atoms with E-state index in [1.807, 2.05) is 17.5 Å². The van der Waals surface area contributed by atoms with Crippen molar-refractivity contribution >= 4 is 41.0 Å². The van der Waals surface area contributed by atoms with Crippen molar-refractivity contribution in [2.24, 2.45) is 0 Å². The van der Waals surface area contributed by atoms with Crippen LogP contribution >= 0.6 is 23.1 Å². The molecule has 0 radical (unpaired) electrons. The van der Waals surface area contributed by atoms with Gasteiger partial charge in [-0.1, -0.05) is 6.07 Å². The van der Waals surface area contributed by atoms with Crippen molar-refractivity contribution in [1.82, 2.24) is 10.6 Å². The van der Waals surface area contributed by atoms with Crippen LogP contribution in [0.25, 0.3) is 0 Å². The standard InChI is InChI=1S/C22H28N2O6S2/c1-5-28-20(25)13-11-32-19(24-13)18-17(22(27)30-7-3)16(14-9-8-10-31-14)15(12(4)23-18)21(26)29-6-2/h8-10,13,16,19,23-24H,5-7,11H2,1-4H3/t13-,16+,19-/m0/s1. The lowest BCUT2D eigenvalue weighted by molar-refractivity contribution is -0.145. The van der Waals surface area contributed by atoms with Crippen molar-refractivity contribution in [1.29, 1.82) is 0 Å². The summed E-state index contributed by atoms with van der Waals surface area (Å²) in [5.74, 6) is -1.45. The molecule has 0 saturated carbocycles. The number of hydrogen-bond donors (Lipinski definition) is 2. The highest BCUT2D eigenvalue weighted by molar-refractivity contribution is 8.00. The lowest BCUT2D eigenvalue weighted by Gasteiger charge is -2.32. The van der Waals surface area contributed by atoms with Gasteiger partial charge in [-0.25, -0.2) is 9.59 Å². The Balaban J connectivity index is 2.07. The summed E-state index contributed by atoms with van der Waals surface area (Å²) < 4.78 is 15.9. The highest BCUT2D eigenvalue weighted by Gasteiger charge is 2.43. The number of thiophene rings is 1. The minimum Gasteiger partial charge on any atom is -0.465 e. The Kier molecular flexibility index (Phi) is 8.38. The molecule has 3 rings (SSSR count). The summed E-state index contributed by atoms with van der Waals surface area (Å²) in [5.41, 5.74) is 1.92. The van der Waals surface area contributed by atoms with E-state index in [0.717, 1.165) is 4.88 Å². The van der Waals surface area contributed by atoms with E-state index >= 15 is 0 Å². The van der Waals surface area contributed by atoms with Gasteiger partial charge in [0.1, 0.15) is 6.04 Å². The first-order valence-corrected chi connectivity index (χ1v) is 12.5. The van der Waals surface area contributed by atoms with E-state index in [9.17, 15) is 14.4 Å². The zero-order valence-electron chi connectivity index (χ0n) is 18.6. The summed E-state index contributed by atoms with van der Waals surface area (Å²) in [7, 11) is 0. The molecule has 0 spiro atoms. The SMILES string of the molecule is CCOC(=O)C1=C(C)NC([C@H]2N[C@H](C(=O)OCC)CS2)=C(C(=O)OCC)[C@@H]1c1cccs1. The molecule has 3 heterocycles. The van der Waals surface area contributed by atoms with E-state index in [0.29, 0.717) is 34.9 Å². The minimum absolute atomic E-state index is 0.195. The highest BCUT2D eigenvalue weighted by atomic mass is 32.2. The molecule has 174 valence electrons. The maximum atomic E-state index is 13.2. The van der Waals surface area contributed by atoms with Gasteiger partial charge in [0.15, 0.2) is 0 Å². The monoisotopic (exact) mass is 480 g/mol. The Hall–Kier alpha value is -2.30. The number of allylic oxidation sites excluding steroid dienone is 1. The van der Waals surface area contributed by atoms with Crippen LogP contribution in [0.4, 0.5) is 0 Å². The largest absolute Gasteiger partial charge is 0.465 e. The molecule has 0 aliphatic carbocycles. The van der Waals surface area contributed by atoms with Crippen LogP contribution in [0.3, 0.4) is 0 Å². The molecule has 32 heavy (non-hydrogen) atoms. The third-order valence-electron chi connectivity index (χ3n) is 5.03. The fourth-order valence-corrected chi connectivity index (χ4v) is 5.81. The molecule has 0 amide bonds. The number of rotatable bonds is 8. The van der Waals surface area contributed by atoms with E-state index in [-0.39, 0.29) is 24.6 Å². The molecule has 1 fully saturated rings. The van der Waals surface area contributed by atoms with E-state index in [2.05, 4.69) is 10.6 Å². The molecule has 0 unspecified atom stereocenters. The van der Waals surface area contributed by atoms with Gasteiger partial charge in [-0.2, -0.15) is 0 Å². The van der Waals surface area contributed by atoms with Crippen LogP contribution in [0.1, 0.15) is 38.5 Å². The lowest BCUT2D eigenvalue weighted by Crippen LogP contribution is -2.43. The van der Waals surface area contributed by atoms with Gasteiger partial charge in [-0.05, 0) is 39.1 Å². The average molecular weight is 481 g/mol. The number of dihydropyridines is 1. The number of hydrogen-bond acceptors (Lipinski definition) is 10. The Labute approximate surface area is 195 Å². The molecule has 2 aliphatic rings. The molecule has 2 aliphatic heterocycles. The van der Waals surface area contributed by atoms with Gasteiger partial charge in [-0.3, -0.25) is 10.1 Å². The third kappa shape index (κ3) is 5.02. The lowest BCUT2D eigenvalue weighted by atomic mass is 9.84. The van der Waals surface area contributed by atoms with Gasteiger partial charge in [0, 0.05) is 16.3 Å². The van der Waals surface area contributed by atoms with Crippen LogP contribution < -0.4 is 10.6 Å². The second-order valence-electron chi connectivity index (χ2n) is 7.07. The van der Waals surface area contributed by atoms with Crippen LogP contribution in [0.5, 0.6) is 0 Å². The highest BCUT2D eigenvalue weighted by Crippen LogP contribution is 2.43. The topological polar surface area (TPSA) is 103 Å². The van der Waals surface area contributed by atoms with Crippen molar-refractivity contribution in [2.45, 2.75) is 45.0 Å². The fraction of sp³-hybridized carbons (Fsp3) is 0.500. The molecule has 8 nitrogen and oxygen atoms in total. The number of esters is 3. The molecule has 1 saturated heterocycles. The Morgan fingerprint density at radius 2 is 1.69 bits per heavy atom. The number of thioether (sulfide) groups is 1. The quantitative estimate of drug-likeness (QED) is 0.429. The van der Waals surface area contributed by atoms with Gasteiger partial charge in [0.25, 0.3) is 0 Å². The molecule has 1 aromatic rings. The maximum absolute atomic E-state index is 13.2. The van der Waals surface area contributed by atoms with Crippen LogP contribution in [-0.4, -0.2) is 54.9 Å². The van der Waals surface area contributed by atoms with Crippen molar-refractivity contribution in [2.75, 3.05) is 25.6 Å². The normalized spacial score (nSPS) is 23.1. The number of carbonyl (C=O) groups is 3. The van der Waals surface area contributed by atoms with E-state index in [1.54, 1.807) is 27.7 Å². The predicted molar refractivity (Wildman–Crippen MR) is 123 cm³/mol. The van der Waals surface area contributed by atoms with Gasteiger partial charge in [0.05, 0.1) is 48.0 Å². The fourth-order valence-electron chi connectivity index (χ4n) is 3.73. The number of nitrogens with one attached hydrogen (secondary N) is 2. The molecular formula is C22H28N2O6S2. The molecule has 2 N–H and O–H groups in total. The first-order valence-electron chi connectivity index (χ1n) is 10.6. The van der Waals surface area contributed by atoms with Crippen molar-refractivity contribution < 1.29 is 28.6 Å². The van der Waals surface area contributed by atoms with E-state index in [1.165, 1.54) is 23.1 Å². The zero-order chi connectivity index (χ0) is 23.3. The van der Waals surface area contributed by atoms with Crippen LogP contribution in [0, 0.1) is 0 Å². The summed E-state index contributed by atoms with van der Waals surface area (Å²) >= 11 is 2.95. The zero-order valence-corrected chi connectivity index (χ0v) is 20.2. The molecule has 1 aromatic heterocycles. The predicted octanol–water partition coefficient (Wildman–Crippen LogP) is 2.68. The number of carbonyl (C=O) groups excluding carboxylic acids is 3. The molecule has 10 heteroatoms. The van der Waals surface area contributed by atoms with E-state index in [4.69, 9.17) is 14.2 Å². The third-order valence-corrected chi connectivity index (χ3v) is 7.20. The van der Waals surface area contributed by atoms with Crippen LogP contribution in [-0.2, 0) is 28.6 Å². The smallest absolute Gasteiger partial charge is 0.336 e. The first kappa shape index (κ1) is 24.3. The molecule has 0 bridgehead atoms. The second kappa shape index (κ2) is 11.0. The summed E-state index contributed by atoms with van der Waals surface area (Å²) in [4.78, 5) is 39.2. The maximum Gasteiger partial charge on any atom is 0.336 e. The summed E-state index contributed by atoms with van der Waals surface area (Å²) in [6, 6.07) is 3.28. The van der Waals surface area contributed by atoms with Gasteiger partial charge < -0.3 is 19.5 Å². The molecule has 3 atom stereocenters. The van der Waals surface area contributed by atoms with Crippen LogP contribution in [0.15, 0.2) is 40.1 Å². The van der Waals surface area contributed by atoms with Crippen molar-refractivity contribution in [3.63, 3.8) is 0 Å². The summed E-state index contributed by atoms with van der Waals surface area (Å²) in [6.45, 7) is 7.75. The van der Waals surface area contributed by atoms with Crippen LogP contribution in [0.2, 0.25) is 0 Å². The van der Waals surface area contributed by atoms with Crippen molar-refractivity contribution in [3.8, 4) is 0 Å². The van der Waals surface area contributed by atoms with Crippen molar-refractivity contribution in [3.05, 3.63) is 44.9 Å². The second-order valence-corrected chi connectivity index (χ2v) is 9.18. The van der Waals surface area contributed by atoms with Gasteiger partial charge in [-0.15, -0.1) is 23.1 Å². The summed E-state index contributed by atoms with van der Waals surface area (Å²) in [6.07, 6.45) is 0. The summed E-state index contributed by atoms with van der Waals surface area (Å²) in [5, 5.41) is 8.03. The molecular weight excluding hydrogens is 452 g/mol. The Bertz CT molecular complexity index is 925. The number of ether oxygens (including phenoxy) is 3. The Morgan fingerprint density at radius 3 is 2.28 bits per heavy atom. The molecule has 0 aromatic carbocycles. The Morgan fingerprint density at radius 1 is 1.03 bits per heavy atom. The average Bonchev–Trinajstić information content (AvgIpc) is 3.45. The van der Waals surface area contributed by atoms with Gasteiger partial charge in [0.2, 0.25) is 0 Å². The first-order chi connectivity index (χ1) is 15.4. The van der Waals surface area contributed by atoms with Gasteiger partial charge >= 0.3 is 17.9 Å². The minimum atomic E-state index is -0.631.